The number of amides is 1. The Bertz CT molecular complexity index is 655. The molecule has 3 rings (SSSR count). The van der Waals surface area contributed by atoms with Crippen molar-refractivity contribution in [2.75, 3.05) is 6.54 Å². The number of hydrogen-bond acceptors (Lipinski definition) is 2. The molecule has 2 aromatic rings. The Labute approximate surface area is 118 Å². The van der Waals surface area contributed by atoms with E-state index in [-0.39, 0.29) is 5.91 Å². The van der Waals surface area contributed by atoms with Gasteiger partial charge in [-0.3, -0.25) is 4.79 Å². The Hall–Kier alpha value is -2.29. The van der Waals surface area contributed by atoms with E-state index in [1.807, 2.05) is 30.0 Å². The molecule has 2 heterocycles. The number of aryl methyl sites for hydroxylation is 1. The summed E-state index contributed by atoms with van der Waals surface area (Å²) in [5.41, 5.74) is 2.59. The molecule has 1 aromatic heterocycles. The van der Waals surface area contributed by atoms with Gasteiger partial charge in [-0.2, -0.15) is 0 Å². The standard InChI is InChI=1S/C17H17NO2/c1-13-6-7-16(20-13)8-9-17(19)18-11-10-14-4-2-3-5-15(14)12-18/h2-9H,10-12H2,1H3/b9-8+. The number of fused-ring (bicyclic) bond motifs is 1. The van der Waals surface area contributed by atoms with Crippen LogP contribution in [0.4, 0.5) is 0 Å². The van der Waals surface area contributed by atoms with E-state index in [4.69, 9.17) is 4.42 Å². The van der Waals surface area contributed by atoms with Crippen molar-refractivity contribution in [3.8, 4) is 0 Å². The van der Waals surface area contributed by atoms with Gasteiger partial charge in [0, 0.05) is 19.2 Å². The van der Waals surface area contributed by atoms with Crippen LogP contribution in [0.25, 0.3) is 6.08 Å². The van der Waals surface area contributed by atoms with E-state index in [0.29, 0.717) is 12.3 Å². The lowest BCUT2D eigenvalue weighted by Gasteiger charge is -2.27. The van der Waals surface area contributed by atoms with Crippen LogP contribution < -0.4 is 0 Å². The minimum absolute atomic E-state index is 0.0357. The first-order chi connectivity index (χ1) is 9.72. The molecule has 1 aliphatic heterocycles. The third-order valence-corrected chi connectivity index (χ3v) is 3.59. The molecule has 0 atom stereocenters. The fraction of sp³-hybridized carbons (Fsp3) is 0.235. The van der Waals surface area contributed by atoms with Crippen molar-refractivity contribution in [3.63, 3.8) is 0 Å². The van der Waals surface area contributed by atoms with Crippen molar-refractivity contribution in [1.82, 2.24) is 4.90 Å². The summed E-state index contributed by atoms with van der Waals surface area (Å²) < 4.78 is 5.42. The summed E-state index contributed by atoms with van der Waals surface area (Å²) in [6.07, 6.45) is 4.25. The van der Waals surface area contributed by atoms with Crippen molar-refractivity contribution in [2.45, 2.75) is 19.9 Å². The van der Waals surface area contributed by atoms with Crippen molar-refractivity contribution in [2.24, 2.45) is 0 Å². The van der Waals surface area contributed by atoms with E-state index in [1.165, 1.54) is 11.1 Å². The molecule has 20 heavy (non-hydrogen) atoms. The molecule has 0 saturated carbocycles. The molecule has 0 unspecified atom stereocenters. The van der Waals surface area contributed by atoms with Crippen molar-refractivity contribution >= 4 is 12.0 Å². The van der Waals surface area contributed by atoms with Crippen LogP contribution in [0.2, 0.25) is 0 Å². The van der Waals surface area contributed by atoms with E-state index in [0.717, 1.165) is 18.7 Å². The third kappa shape index (κ3) is 2.67. The van der Waals surface area contributed by atoms with E-state index in [1.54, 1.807) is 12.2 Å². The first kappa shape index (κ1) is 12.7. The summed E-state index contributed by atoms with van der Waals surface area (Å²) in [7, 11) is 0. The highest BCUT2D eigenvalue weighted by Gasteiger charge is 2.18. The molecule has 0 spiro atoms. The van der Waals surface area contributed by atoms with E-state index < -0.39 is 0 Å². The van der Waals surface area contributed by atoms with Crippen molar-refractivity contribution in [1.29, 1.82) is 0 Å². The van der Waals surface area contributed by atoms with E-state index in [9.17, 15) is 4.79 Å². The zero-order valence-electron chi connectivity index (χ0n) is 11.5. The molecule has 0 aliphatic carbocycles. The number of furan rings is 1. The zero-order valence-corrected chi connectivity index (χ0v) is 11.5. The van der Waals surface area contributed by atoms with E-state index in [2.05, 4.69) is 18.2 Å². The van der Waals surface area contributed by atoms with Crippen LogP contribution in [0.3, 0.4) is 0 Å². The van der Waals surface area contributed by atoms with Gasteiger partial charge in [0.15, 0.2) is 0 Å². The number of rotatable bonds is 2. The van der Waals surface area contributed by atoms with Crippen molar-refractivity contribution in [3.05, 3.63) is 65.1 Å². The van der Waals surface area contributed by atoms with Gasteiger partial charge in [0.2, 0.25) is 5.91 Å². The fourth-order valence-corrected chi connectivity index (χ4v) is 2.49. The molecule has 0 saturated heterocycles. The minimum Gasteiger partial charge on any atom is -0.462 e. The largest absolute Gasteiger partial charge is 0.462 e. The van der Waals surface area contributed by atoms with Crippen LogP contribution in [0, 0.1) is 6.92 Å². The van der Waals surface area contributed by atoms with Gasteiger partial charge in [0.25, 0.3) is 0 Å². The van der Waals surface area contributed by atoms with Crippen molar-refractivity contribution < 1.29 is 9.21 Å². The Morgan fingerprint density at radius 1 is 1.20 bits per heavy atom. The zero-order chi connectivity index (χ0) is 13.9. The third-order valence-electron chi connectivity index (χ3n) is 3.59. The quantitative estimate of drug-likeness (QED) is 0.783. The number of benzene rings is 1. The fourth-order valence-electron chi connectivity index (χ4n) is 2.49. The number of hydrogen-bond donors (Lipinski definition) is 0. The number of carbonyl (C=O) groups is 1. The molecule has 102 valence electrons. The summed E-state index contributed by atoms with van der Waals surface area (Å²) in [4.78, 5) is 14.1. The molecule has 0 radical (unpaired) electrons. The highest BCUT2D eigenvalue weighted by Crippen LogP contribution is 2.19. The van der Waals surface area contributed by atoms with Gasteiger partial charge >= 0.3 is 0 Å². The van der Waals surface area contributed by atoms with Gasteiger partial charge in [-0.15, -0.1) is 0 Å². The lowest BCUT2D eigenvalue weighted by Crippen LogP contribution is -2.34. The topological polar surface area (TPSA) is 33.5 Å². The minimum atomic E-state index is 0.0357. The normalized spacial score (nSPS) is 14.6. The first-order valence-corrected chi connectivity index (χ1v) is 6.82. The molecule has 3 nitrogen and oxygen atoms in total. The maximum atomic E-state index is 12.2. The predicted octanol–water partition coefficient (Wildman–Crippen LogP) is 3.19. The lowest BCUT2D eigenvalue weighted by atomic mass is 10.00. The molecule has 3 heteroatoms. The molecule has 0 N–H and O–H groups in total. The Morgan fingerprint density at radius 2 is 2.00 bits per heavy atom. The number of carbonyl (C=O) groups excluding carboxylic acids is 1. The second kappa shape index (κ2) is 5.37. The van der Waals surface area contributed by atoms with Gasteiger partial charge < -0.3 is 9.32 Å². The molecular formula is C17H17NO2. The molecule has 1 aliphatic rings. The smallest absolute Gasteiger partial charge is 0.246 e. The molecule has 1 aromatic carbocycles. The van der Waals surface area contributed by atoms with Crippen LogP contribution in [0.1, 0.15) is 22.6 Å². The van der Waals surface area contributed by atoms with Gasteiger partial charge in [-0.25, -0.2) is 0 Å². The lowest BCUT2D eigenvalue weighted by molar-refractivity contribution is -0.126. The summed E-state index contributed by atoms with van der Waals surface area (Å²) in [6, 6.07) is 12.1. The van der Waals surface area contributed by atoms with Gasteiger partial charge in [0.1, 0.15) is 11.5 Å². The first-order valence-electron chi connectivity index (χ1n) is 6.82. The second-order valence-corrected chi connectivity index (χ2v) is 5.06. The summed E-state index contributed by atoms with van der Waals surface area (Å²) in [6.45, 7) is 3.36. The molecular weight excluding hydrogens is 250 g/mol. The molecule has 0 fully saturated rings. The maximum absolute atomic E-state index is 12.2. The summed E-state index contributed by atoms with van der Waals surface area (Å²) >= 11 is 0. The Balaban J connectivity index is 1.68. The maximum Gasteiger partial charge on any atom is 0.246 e. The summed E-state index contributed by atoms with van der Waals surface area (Å²) in [5, 5.41) is 0. The monoisotopic (exact) mass is 267 g/mol. The SMILES string of the molecule is Cc1ccc(/C=C/C(=O)N2CCc3ccccc3C2)o1. The average molecular weight is 267 g/mol. The number of nitrogens with zero attached hydrogens (tertiary/aromatic N) is 1. The highest BCUT2D eigenvalue weighted by molar-refractivity contribution is 5.91. The Morgan fingerprint density at radius 3 is 2.75 bits per heavy atom. The van der Waals surface area contributed by atoms with Crippen LogP contribution >= 0.6 is 0 Å². The predicted molar refractivity (Wildman–Crippen MR) is 78.0 cm³/mol. The molecule has 1 amide bonds. The summed E-state index contributed by atoms with van der Waals surface area (Å²) in [5.74, 6) is 1.60. The van der Waals surface area contributed by atoms with Crippen LogP contribution in [0.5, 0.6) is 0 Å². The van der Waals surface area contributed by atoms with Crippen LogP contribution in [-0.4, -0.2) is 17.4 Å². The molecule has 0 bridgehead atoms. The van der Waals surface area contributed by atoms with Gasteiger partial charge in [-0.1, -0.05) is 24.3 Å². The Kier molecular flexibility index (Phi) is 3.42. The van der Waals surface area contributed by atoms with Gasteiger partial charge in [0.05, 0.1) is 0 Å². The van der Waals surface area contributed by atoms with E-state index >= 15 is 0 Å². The van der Waals surface area contributed by atoms with Crippen LogP contribution in [-0.2, 0) is 17.8 Å². The second-order valence-electron chi connectivity index (χ2n) is 5.06. The highest BCUT2D eigenvalue weighted by atomic mass is 16.3. The van der Waals surface area contributed by atoms with Gasteiger partial charge in [-0.05, 0) is 42.7 Å². The average Bonchev–Trinajstić information content (AvgIpc) is 2.90. The van der Waals surface area contributed by atoms with Crippen LogP contribution in [0.15, 0.2) is 46.9 Å².